The molecule has 3 aromatic rings. The molecule has 0 bridgehead atoms. The molecule has 0 radical (unpaired) electrons. The average molecular weight is 316 g/mol. The highest BCUT2D eigenvalue weighted by molar-refractivity contribution is 6.31. The summed E-state index contributed by atoms with van der Waals surface area (Å²) in [5.41, 5.74) is 2.54. The van der Waals surface area contributed by atoms with Crippen molar-refractivity contribution >= 4 is 28.4 Å². The van der Waals surface area contributed by atoms with Crippen molar-refractivity contribution in [3.63, 3.8) is 0 Å². The Kier molecular flexibility index (Phi) is 3.73. The van der Waals surface area contributed by atoms with Crippen LogP contribution in [0.3, 0.4) is 0 Å². The van der Waals surface area contributed by atoms with Crippen LogP contribution in [0.25, 0.3) is 10.9 Å². The van der Waals surface area contributed by atoms with Gasteiger partial charge < -0.3 is 15.3 Å². The number of aromatic amines is 2. The maximum Gasteiger partial charge on any atom is 0.251 e. The first-order chi connectivity index (χ1) is 10.5. The Balaban J connectivity index is 1.75. The molecule has 2 heterocycles. The van der Waals surface area contributed by atoms with E-state index in [0.29, 0.717) is 22.8 Å². The Labute approximate surface area is 131 Å². The molecule has 6 heteroatoms. The van der Waals surface area contributed by atoms with Crippen LogP contribution in [-0.4, -0.2) is 15.9 Å². The summed E-state index contributed by atoms with van der Waals surface area (Å²) in [5.74, 6) is -0.286. The summed E-state index contributed by atoms with van der Waals surface area (Å²) in [5, 5.41) is 4.45. The maximum atomic E-state index is 12.1. The highest BCUT2D eigenvalue weighted by Crippen LogP contribution is 2.20. The van der Waals surface area contributed by atoms with Gasteiger partial charge in [0.15, 0.2) is 0 Å². The van der Waals surface area contributed by atoms with Gasteiger partial charge in [0.1, 0.15) is 0 Å². The molecule has 0 unspecified atom stereocenters. The minimum Gasteiger partial charge on any atom is -0.357 e. The number of nitrogens with one attached hydrogen (secondary N) is 3. The van der Waals surface area contributed by atoms with Crippen LogP contribution in [0.4, 0.5) is 0 Å². The van der Waals surface area contributed by atoms with E-state index >= 15 is 0 Å². The largest absolute Gasteiger partial charge is 0.357 e. The predicted octanol–water partition coefficient (Wildman–Crippen LogP) is 2.75. The molecule has 0 atom stereocenters. The lowest BCUT2D eigenvalue weighted by atomic mass is 10.2. The van der Waals surface area contributed by atoms with Crippen molar-refractivity contribution in [3.8, 4) is 0 Å². The summed E-state index contributed by atoms with van der Waals surface area (Å²) in [7, 11) is 0. The number of hydrogen-bond donors (Lipinski definition) is 3. The minimum atomic E-state index is -0.287. The number of pyridine rings is 1. The van der Waals surface area contributed by atoms with Gasteiger partial charge in [0, 0.05) is 38.9 Å². The Morgan fingerprint density at radius 1 is 1.18 bits per heavy atom. The smallest absolute Gasteiger partial charge is 0.251 e. The molecule has 1 amide bonds. The Morgan fingerprint density at radius 2 is 2.00 bits per heavy atom. The second-order valence-corrected chi connectivity index (χ2v) is 5.56. The van der Waals surface area contributed by atoms with Gasteiger partial charge in [-0.1, -0.05) is 11.6 Å². The van der Waals surface area contributed by atoms with E-state index in [1.807, 2.05) is 24.3 Å². The molecular formula is C16H14ClN3O2. The molecule has 0 fully saturated rings. The van der Waals surface area contributed by atoms with E-state index in [1.165, 1.54) is 6.07 Å². The molecule has 0 saturated carbocycles. The number of hydrogen-bond acceptors (Lipinski definition) is 2. The van der Waals surface area contributed by atoms with E-state index in [9.17, 15) is 9.59 Å². The molecule has 0 saturated heterocycles. The van der Waals surface area contributed by atoms with Gasteiger partial charge in [-0.25, -0.2) is 0 Å². The van der Waals surface area contributed by atoms with Crippen LogP contribution in [0.15, 0.2) is 41.2 Å². The van der Waals surface area contributed by atoms with E-state index in [0.717, 1.165) is 16.6 Å². The normalized spacial score (nSPS) is 10.8. The third kappa shape index (κ3) is 3.04. The van der Waals surface area contributed by atoms with E-state index in [4.69, 9.17) is 11.6 Å². The van der Waals surface area contributed by atoms with Gasteiger partial charge in [0.2, 0.25) is 5.56 Å². The van der Waals surface area contributed by atoms with Crippen molar-refractivity contribution in [3.05, 3.63) is 68.7 Å². The number of H-pyrrole nitrogens is 2. The predicted molar refractivity (Wildman–Crippen MR) is 86.3 cm³/mol. The number of aryl methyl sites for hydroxylation is 1. The van der Waals surface area contributed by atoms with E-state index in [1.54, 1.807) is 13.0 Å². The van der Waals surface area contributed by atoms with Crippen molar-refractivity contribution in [2.24, 2.45) is 0 Å². The van der Waals surface area contributed by atoms with Crippen LogP contribution in [-0.2, 0) is 6.54 Å². The summed E-state index contributed by atoms with van der Waals surface area (Å²) in [6, 6.07) is 10.4. The molecule has 0 aliphatic carbocycles. The van der Waals surface area contributed by atoms with E-state index in [2.05, 4.69) is 15.3 Å². The number of carbonyl (C=O) groups excluding carboxylic acids is 1. The Hall–Kier alpha value is -2.53. The fourth-order valence-corrected chi connectivity index (χ4v) is 2.53. The lowest BCUT2D eigenvalue weighted by Gasteiger charge is -2.04. The van der Waals surface area contributed by atoms with Crippen molar-refractivity contribution in [2.75, 3.05) is 0 Å². The fraction of sp³-hybridized carbons (Fsp3) is 0.125. The Morgan fingerprint density at radius 3 is 2.77 bits per heavy atom. The van der Waals surface area contributed by atoms with Crippen molar-refractivity contribution < 1.29 is 4.79 Å². The molecule has 3 rings (SSSR count). The summed E-state index contributed by atoms with van der Waals surface area (Å²) < 4.78 is 0. The molecule has 5 nitrogen and oxygen atoms in total. The molecule has 0 spiro atoms. The van der Waals surface area contributed by atoms with Gasteiger partial charge in [-0.3, -0.25) is 9.59 Å². The number of fused-ring (bicyclic) bond motifs is 1. The Bertz CT molecular complexity index is 911. The number of amides is 1. The van der Waals surface area contributed by atoms with Gasteiger partial charge in [0.25, 0.3) is 5.91 Å². The zero-order valence-electron chi connectivity index (χ0n) is 11.9. The first-order valence-electron chi connectivity index (χ1n) is 6.77. The molecule has 1 aromatic carbocycles. The quantitative estimate of drug-likeness (QED) is 0.695. The first kappa shape index (κ1) is 14.4. The lowest BCUT2D eigenvalue weighted by molar-refractivity contribution is 0.0950. The number of halogens is 1. The van der Waals surface area contributed by atoms with Gasteiger partial charge in [-0.2, -0.15) is 0 Å². The van der Waals surface area contributed by atoms with Crippen LogP contribution < -0.4 is 10.9 Å². The standard InChI is InChI=1S/C16H14ClN3O2/c1-9-4-11(7-15(21)19-9)16(22)18-8-13-6-10-5-12(17)2-3-14(10)20-13/h2-7,20H,8H2,1H3,(H,18,22)(H,19,21). The van der Waals surface area contributed by atoms with E-state index in [-0.39, 0.29) is 11.5 Å². The SMILES string of the molecule is Cc1cc(C(=O)NCc2cc3cc(Cl)ccc3[nH]2)cc(=O)[nH]1. The molecule has 22 heavy (non-hydrogen) atoms. The van der Waals surface area contributed by atoms with Crippen LogP contribution in [0.5, 0.6) is 0 Å². The van der Waals surface area contributed by atoms with Crippen LogP contribution in [0.1, 0.15) is 21.7 Å². The van der Waals surface area contributed by atoms with Crippen molar-refractivity contribution in [1.82, 2.24) is 15.3 Å². The molecule has 3 N–H and O–H groups in total. The van der Waals surface area contributed by atoms with Crippen LogP contribution in [0.2, 0.25) is 5.02 Å². The number of benzene rings is 1. The second-order valence-electron chi connectivity index (χ2n) is 5.13. The van der Waals surface area contributed by atoms with Crippen molar-refractivity contribution in [1.29, 1.82) is 0 Å². The van der Waals surface area contributed by atoms with Gasteiger partial charge in [-0.15, -0.1) is 0 Å². The average Bonchev–Trinajstić information content (AvgIpc) is 2.85. The summed E-state index contributed by atoms with van der Waals surface area (Å²) in [6.45, 7) is 2.08. The molecule has 2 aromatic heterocycles. The third-order valence-corrected chi connectivity index (χ3v) is 3.55. The summed E-state index contributed by atoms with van der Waals surface area (Å²) >= 11 is 5.95. The highest BCUT2D eigenvalue weighted by Gasteiger charge is 2.08. The fourth-order valence-electron chi connectivity index (χ4n) is 2.35. The van der Waals surface area contributed by atoms with Gasteiger partial charge >= 0.3 is 0 Å². The van der Waals surface area contributed by atoms with Gasteiger partial charge in [0.05, 0.1) is 6.54 Å². The number of rotatable bonds is 3. The number of carbonyl (C=O) groups is 1. The second kappa shape index (κ2) is 5.69. The zero-order valence-corrected chi connectivity index (χ0v) is 12.6. The lowest BCUT2D eigenvalue weighted by Crippen LogP contribution is -2.24. The number of aromatic nitrogens is 2. The molecular weight excluding hydrogens is 302 g/mol. The van der Waals surface area contributed by atoms with Gasteiger partial charge in [-0.05, 0) is 37.3 Å². The molecule has 0 aliphatic heterocycles. The monoisotopic (exact) mass is 315 g/mol. The third-order valence-electron chi connectivity index (χ3n) is 3.32. The molecule has 0 aliphatic rings. The topological polar surface area (TPSA) is 77.8 Å². The first-order valence-corrected chi connectivity index (χ1v) is 7.15. The van der Waals surface area contributed by atoms with Crippen LogP contribution >= 0.6 is 11.6 Å². The minimum absolute atomic E-state index is 0.286. The maximum absolute atomic E-state index is 12.1. The zero-order chi connectivity index (χ0) is 15.7. The van der Waals surface area contributed by atoms with E-state index < -0.39 is 0 Å². The van der Waals surface area contributed by atoms with Crippen LogP contribution in [0, 0.1) is 6.92 Å². The molecule has 112 valence electrons. The summed E-state index contributed by atoms with van der Waals surface area (Å²) in [6.07, 6.45) is 0. The van der Waals surface area contributed by atoms with Crippen molar-refractivity contribution in [2.45, 2.75) is 13.5 Å². The summed E-state index contributed by atoms with van der Waals surface area (Å²) in [4.78, 5) is 29.3. The highest BCUT2D eigenvalue weighted by atomic mass is 35.5.